The van der Waals surface area contributed by atoms with Crippen molar-refractivity contribution in [3.05, 3.63) is 43.5 Å². The zero-order chi connectivity index (χ0) is 16.4. The maximum Gasteiger partial charge on any atom is 0.0943 e. The van der Waals surface area contributed by atoms with Crippen LogP contribution in [0.4, 0.5) is 0 Å². The van der Waals surface area contributed by atoms with Gasteiger partial charge in [-0.05, 0) is 0 Å². The zero-order valence-electron chi connectivity index (χ0n) is 14.1. The molecule has 0 aliphatic carbocycles. The summed E-state index contributed by atoms with van der Waals surface area (Å²) in [5.41, 5.74) is 0. The molecule has 24 heavy (non-hydrogen) atoms. The molecule has 0 aromatic carbocycles. The van der Waals surface area contributed by atoms with Crippen molar-refractivity contribution in [3.63, 3.8) is 0 Å². The average molecular weight is 596 g/mol. The van der Waals surface area contributed by atoms with Gasteiger partial charge in [0.05, 0.1) is 30.6 Å². The summed E-state index contributed by atoms with van der Waals surface area (Å²) in [6.45, 7) is 2.96. The van der Waals surface area contributed by atoms with Gasteiger partial charge in [-0.25, -0.2) is 4.98 Å². The number of aromatic nitrogens is 2. The van der Waals surface area contributed by atoms with Gasteiger partial charge in [0.25, 0.3) is 0 Å². The zero-order valence-corrected chi connectivity index (χ0v) is 20.4. The molecule has 1 aromatic heterocycles. The van der Waals surface area contributed by atoms with Crippen molar-refractivity contribution < 1.29 is 34.0 Å². The van der Waals surface area contributed by atoms with Crippen LogP contribution in [0.2, 0.25) is 0 Å². The van der Waals surface area contributed by atoms with E-state index in [0.717, 1.165) is 24.2 Å². The highest BCUT2D eigenvalue weighted by Crippen LogP contribution is 2.09. The first-order chi connectivity index (χ1) is 10.5. The molecule has 0 amide bonds. The maximum atomic E-state index is 3.78. The lowest BCUT2D eigenvalue weighted by Gasteiger charge is -2.25. The summed E-state index contributed by atoms with van der Waals surface area (Å²) in [7, 11) is 6.11. The summed E-state index contributed by atoms with van der Waals surface area (Å²) in [6.07, 6.45) is 13.9. The van der Waals surface area contributed by atoms with Crippen molar-refractivity contribution >= 4 is 31.9 Å². The summed E-state index contributed by atoms with van der Waals surface area (Å²) < 4.78 is 2.76. The monoisotopic (exact) mass is 592 g/mol. The number of hydrogen-bond acceptors (Lipinski definition) is 5. The van der Waals surface area contributed by atoms with Gasteiger partial charge in [-0.15, -0.1) is 0 Å². The Kier molecular flexibility index (Phi) is 16.4. The van der Waals surface area contributed by atoms with Gasteiger partial charge in [-0.3, -0.25) is 0 Å². The fraction of sp³-hybridized carbons (Fsp3) is 0.500. The van der Waals surface area contributed by atoms with Crippen molar-refractivity contribution in [1.82, 2.24) is 29.2 Å². The molecule has 3 rings (SSSR count). The minimum atomic E-state index is 0. The second-order valence-electron chi connectivity index (χ2n) is 5.04. The van der Waals surface area contributed by atoms with Gasteiger partial charge >= 0.3 is 0 Å². The number of rotatable bonds is 2. The van der Waals surface area contributed by atoms with Crippen LogP contribution >= 0.6 is 31.9 Å². The van der Waals surface area contributed by atoms with Gasteiger partial charge in [0.1, 0.15) is 0 Å². The van der Waals surface area contributed by atoms with E-state index in [1.165, 1.54) is 0 Å². The first-order valence-corrected chi connectivity index (χ1v) is 9.08. The first-order valence-electron chi connectivity index (χ1n) is 6.84. The van der Waals surface area contributed by atoms with Gasteiger partial charge in [0.15, 0.2) is 0 Å². The molecule has 0 radical (unpaired) electrons. The number of imidazole rings is 1. The van der Waals surface area contributed by atoms with Crippen LogP contribution in [0.5, 0.6) is 0 Å². The molecule has 0 N–H and O–H groups in total. The number of hydrogen-bond donors (Lipinski definition) is 0. The van der Waals surface area contributed by atoms with Crippen LogP contribution in [0.25, 0.3) is 0 Å². The van der Waals surface area contributed by atoms with E-state index >= 15 is 0 Å². The Morgan fingerprint density at radius 1 is 0.875 bits per heavy atom. The van der Waals surface area contributed by atoms with E-state index < -0.39 is 0 Å². The van der Waals surface area contributed by atoms with E-state index in [-0.39, 0.29) is 34.0 Å². The molecule has 6 nitrogen and oxygen atoms in total. The second-order valence-corrected chi connectivity index (χ2v) is 7.67. The standard InChI is InChI=1S/C9H16N4.C4H6N2.CH2Br2.2BrH/c1-10-3-5-12(7-10)9-13-6-4-11(2)8-13;1-6-3-2-5-4-6;2-1-3;;/h3-6H,7-9H2,1-2H3;2-4H,1H3;1H2;2*1H/p-2. The third-order valence-corrected chi connectivity index (χ3v) is 2.87. The number of halogens is 4. The molecular weight excluding hydrogens is 572 g/mol. The van der Waals surface area contributed by atoms with Crippen LogP contribution in [0, 0.1) is 0 Å². The van der Waals surface area contributed by atoms with Gasteiger partial charge in [0.2, 0.25) is 0 Å². The van der Waals surface area contributed by atoms with E-state index in [0.29, 0.717) is 0 Å². The number of aryl methyl sites for hydroxylation is 1. The highest BCUT2D eigenvalue weighted by atomic mass is 79.9. The highest BCUT2D eigenvalue weighted by molar-refractivity contribution is 9.24. The summed E-state index contributed by atoms with van der Waals surface area (Å²) in [5, 5.41) is 0. The minimum Gasteiger partial charge on any atom is -1.00 e. The molecule has 0 bridgehead atoms. The van der Waals surface area contributed by atoms with Gasteiger partial charge in [-0.2, -0.15) is 0 Å². The average Bonchev–Trinajstić information content (AvgIpc) is 3.17. The van der Waals surface area contributed by atoms with Gasteiger partial charge in [0, 0.05) is 58.3 Å². The van der Waals surface area contributed by atoms with Gasteiger partial charge in [-0.1, -0.05) is 31.9 Å². The molecule has 0 atom stereocenters. The summed E-state index contributed by atoms with van der Waals surface area (Å²) >= 11 is 6.12. The van der Waals surface area contributed by atoms with E-state index in [1.807, 2.05) is 17.8 Å². The highest BCUT2D eigenvalue weighted by Gasteiger charge is 2.13. The topological polar surface area (TPSA) is 30.8 Å². The lowest BCUT2D eigenvalue weighted by atomic mass is 10.7. The Balaban J connectivity index is 0. The predicted molar refractivity (Wildman–Crippen MR) is 98.0 cm³/mol. The molecule has 0 fully saturated rings. The van der Waals surface area contributed by atoms with Crippen LogP contribution in [0.15, 0.2) is 43.5 Å². The molecule has 2 aliphatic rings. The Labute approximate surface area is 183 Å². The van der Waals surface area contributed by atoms with Crippen LogP contribution in [0.3, 0.4) is 0 Å². The Morgan fingerprint density at radius 2 is 1.33 bits per heavy atom. The van der Waals surface area contributed by atoms with Crippen molar-refractivity contribution in [1.29, 1.82) is 0 Å². The SMILES string of the molecule is BrCBr.CN1C=CN(CN2C=CN(C)C2)C1.Cn1ccnc1.[Br-].[Br-]. The summed E-state index contributed by atoms with van der Waals surface area (Å²) in [5.74, 6) is 0. The van der Waals surface area contributed by atoms with Crippen LogP contribution in [-0.2, 0) is 7.05 Å². The molecule has 0 saturated heterocycles. The number of nitrogens with zero attached hydrogens (tertiary/aromatic N) is 6. The Bertz CT molecular complexity index is 430. The Hall–Kier alpha value is -0.190. The summed E-state index contributed by atoms with van der Waals surface area (Å²) in [4.78, 5) is 12.7. The van der Waals surface area contributed by atoms with Gasteiger partial charge < -0.3 is 58.1 Å². The van der Waals surface area contributed by atoms with E-state index in [9.17, 15) is 0 Å². The second kappa shape index (κ2) is 15.1. The maximum absolute atomic E-state index is 3.78. The molecule has 0 spiro atoms. The van der Waals surface area contributed by atoms with E-state index in [2.05, 4.69) is 95.3 Å². The molecule has 1 aromatic rings. The van der Waals surface area contributed by atoms with Crippen molar-refractivity contribution in [2.24, 2.45) is 7.05 Å². The minimum absolute atomic E-state index is 0. The summed E-state index contributed by atoms with van der Waals surface area (Å²) in [6, 6.07) is 0. The van der Waals surface area contributed by atoms with E-state index in [1.54, 1.807) is 12.5 Å². The van der Waals surface area contributed by atoms with Crippen LogP contribution in [0.1, 0.15) is 0 Å². The van der Waals surface area contributed by atoms with E-state index in [4.69, 9.17) is 0 Å². The quantitative estimate of drug-likeness (QED) is 0.331. The van der Waals surface area contributed by atoms with Crippen molar-refractivity contribution in [3.8, 4) is 0 Å². The molecular formula is C14H24Br4N6-2. The Morgan fingerprint density at radius 3 is 1.54 bits per heavy atom. The molecule has 140 valence electrons. The van der Waals surface area contributed by atoms with Crippen LogP contribution < -0.4 is 34.0 Å². The third-order valence-electron chi connectivity index (χ3n) is 2.87. The third kappa shape index (κ3) is 11.4. The lowest BCUT2D eigenvalue weighted by molar-refractivity contribution is -0.001000. The fourth-order valence-corrected chi connectivity index (χ4v) is 1.92. The van der Waals surface area contributed by atoms with Crippen molar-refractivity contribution in [2.75, 3.05) is 38.3 Å². The normalized spacial score (nSPS) is 14.4. The smallest absolute Gasteiger partial charge is 0.0943 e. The molecule has 10 heteroatoms. The van der Waals surface area contributed by atoms with Crippen LogP contribution in [-0.4, -0.2) is 67.5 Å². The molecule has 0 unspecified atom stereocenters. The molecule has 0 saturated carbocycles. The predicted octanol–water partition coefficient (Wildman–Crippen LogP) is -3.54. The lowest BCUT2D eigenvalue weighted by Crippen LogP contribution is -3.00. The van der Waals surface area contributed by atoms with Crippen molar-refractivity contribution in [2.45, 2.75) is 0 Å². The first kappa shape index (κ1) is 26.0. The largest absolute Gasteiger partial charge is 1.00 e. The fourth-order valence-electron chi connectivity index (χ4n) is 1.92. The number of alkyl halides is 2. The molecule has 2 aliphatic heterocycles. The molecule has 3 heterocycles.